The lowest BCUT2D eigenvalue weighted by atomic mass is 9.66. The lowest BCUT2D eigenvalue weighted by Gasteiger charge is -2.37. The lowest BCUT2D eigenvalue weighted by Crippen LogP contribution is -2.57. The number of nitrogens with one attached hydrogen (secondary N) is 2. The molecule has 3 aliphatic heterocycles. The Kier molecular flexibility index (Phi) is 7.31. The predicted molar refractivity (Wildman–Crippen MR) is 148 cm³/mol. The van der Waals surface area contributed by atoms with Crippen molar-refractivity contribution in [3.8, 4) is 0 Å². The van der Waals surface area contributed by atoms with E-state index in [-0.39, 0.29) is 30.4 Å². The zero-order valence-corrected chi connectivity index (χ0v) is 23.0. The number of likely N-dealkylation sites (tertiary alicyclic amines) is 1. The van der Waals surface area contributed by atoms with Gasteiger partial charge in [0.15, 0.2) is 0 Å². The molecule has 6 atom stereocenters. The normalized spacial score (nSPS) is 30.4. The van der Waals surface area contributed by atoms with Crippen molar-refractivity contribution in [3.05, 3.63) is 71.8 Å². The first-order chi connectivity index (χ1) is 18.2. The SMILES string of the molecule is CC(C)NC(=O)C1N([C@@H](CO)Cc2ccccc2)C(=O)[C@@H]2[C@H](C(=O)NCc3ccccc3)[C@]3(C)CCC12S3. The minimum atomic E-state index is -0.748. The molecule has 2 aromatic carbocycles. The molecule has 2 aromatic rings. The maximum Gasteiger partial charge on any atom is 0.244 e. The number of carbonyl (C=O) groups excluding carboxylic acids is 3. The van der Waals surface area contributed by atoms with Crippen molar-refractivity contribution >= 4 is 29.5 Å². The maximum atomic E-state index is 14.3. The van der Waals surface area contributed by atoms with E-state index in [1.54, 1.807) is 16.7 Å². The predicted octanol–water partition coefficient (Wildman–Crippen LogP) is 2.91. The summed E-state index contributed by atoms with van der Waals surface area (Å²) in [5.74, 6) is -1.70. The van der Waals surface area contributed by atoms with Gasteiger partial charge in [-0.05, 0) is 51.2 Å². The van der Waals surface area contributed by atoms with Crippen molar-refractivity contribution in [2.45, 2.75) is 74.2 Å². The van der Waals surface area contributed by atoms with Gasteiger partial charge in [-0.15, -0.1) is 11.8 Å². The van der Waals surface area contributed by atoms with Crippen molar-refractivity contribution in [2.75, 3.05) is 6.61 Å². The van der Waals surface area contributed by atoms with Crippen molar-refractivity contribution in [2.24, 2.45) is 11.8 Å². The fraction of sp³-hybridized carbons (Fsp3) is 0.500. The number of nitrogens with zero attached hydrogens (tertiary/aromatic N) is 1. The van der Waals surface area contributed by atoms with Crippen LogP contribution in [-0.2, 0) is 27.3 Å². The van der Waals surface area contributed by atoms with Crippen LogP contribution in [0.5, 0.6) is 0 Å². The Balaban J connectivity index is 1.49. The quantitative estimate of drug-likeness (QED) is 0.459. The summed E-state index contributed by atoms with van der Waals surface area (Å²) in [6.45, 7) is 6.00. The van der Waals surface area contributed by atoms with Crippen molar-refractivity contribution in [1.29, 1.82) is 0 Å². The Bertz CT molecular complexity index is 1190. The van der Waals surface area contributed by atoms with E-state index in [9.17, 15) is 19.5 Å². The number of amides is 3. The van der Waals surface area contributed by atoms with Crippen molar-refractivity contribution < 1.29 is 19.5 Å². The van der Waals surface area contributed by atoms with Gasteiger partial charge in [0.25, 0.3) is 0 Å². The first-order valence-corrected chi connectivity index (χ1v) is 14.3. The molecule has 202 valence electrons. The van der Waals surface area contributed by atoms with Crippen LogP contribution in [0, 0.1) is 11.8 Å². The highest BCUT2D eigenvalue weighted by Crippen LogP contribution is 2.71. The van der Waals surface area contributed by atoms with E-state index in [4.69, 9.17) is 0 Å². The number of aliphatic hydroxyl groups is 1. The molecular weight excluding hydrogens is 498 g/mol. The van der Waals surface area contributed by atoms with Crippen LogP contribution < -0.4 is 10.6 Å². The average molecular weight is 536 g/mol. The fourth-order valence-corrected chi connectivity index (χ4v) is 9.20. The van der Waals surface area contributed by atoms with Crippen LogP contribution in [0.1, 0.15) is 44.7 Å². The zero-order valence-electron chi connectivity index (χ0n) is 22.2. The Morgan fingerprint density at radius 2 is 1.66 bits per heavy atom. The minimum Gasteiger partial charge on any atom is -0.394 e. The summed E-state index contributed by atoms with van der Waals surface area (Å²) in [4.78, 5) is 43.5. The highest BCUT2D eigenvalue weighted by Gasteiger charge is 2.77. The third-order valence-corrected chi connectivity index (χ3v) is 10.4. The van der Waals surface area contributed by atoms with Gasteiger partial charge >= 0.3 is 0 Å². The molecule has 3 N–H and O–H groups in total. The van der Waals surface area contributed by atoms with E-state index < -0.39 is 33.4 Å². The van der Waals surface area contributed by atoms with E-state index in [1.165, 1.54) is 0 Å². The van der Waals surface area contributed by atoms with Gasteiger partial charge < -0.3 is 20.6 Å². The molecule has 3 fully saturated rings. The van der Waals surface area contributed by atoms with Crippen LogP contribution >= 0.6 is 11.8 Å². The zero-order chi connectivity index (χ0) is 27.1. The molecule has 3 amide bonds. The molecule has 3 heterocycles. The Labute approximate surface area is 228 Å². The summed E-state index contributed by atoms with van der Waals surface area (Å²) in [7, 11) is 0. The highest BCUT2D eigenvalue weighted by molar-refractivity contribution is 8.02. The summed E-state index contributed by atoms with van der Waals surface area (Å²) in [5.41, 5.74) is 1.98. The van der Waals surface area contributed by atoms with E-state index in [0.29, 0.717) is 19.4 Å². The van der Waals surface area contributed by atoms with Crippen LogP contribution in [0.3, 0.4) is 0 Å². The lowest BCUT2D eigenvalue weighted by molar-refractivity contribution is -0.143. The summed E-state index contributed by atoms with van der Waals surface area (Å²) in [6.07, 6.45) is 1.87. The summed E-state index contributed by atoms with van der Waals surface area (Å²) < 4.78 is -1.14. The standard InChI is InChI=1S/C30H37N3O4S/c1-19(2)32-27(36)25-30-15-14-29(3,38-30)23(26(35)31-17-21-12-8-5-9-13-21)24(30)28(37)33(25)22(18-34)16-20-10-6-4-7-11-20/h4-13,19,22-25,34H,14-18H2,1-3H3,(H,31,35)(H,32,36)/t22-,23-,24+,25?,29+,30?/m1/s1. The van der Waals surface area contributed by atoms with E-state index in [1.807, 2.05) is 74.5 Å². The number of fused-ring (bicyclic) bond motifs is 1. The van der Waals surface area contributed by atoms with Gasteiger partial charge in [0.05, 0.1) is 29.2 Å². The van der Waals surface area contributed by atoms with Gasteiger partial charge in [0, 0.05) is 17.3 Å². The number of hydrogen-bond acceptors (Lipinski definition) is 5. The van der Waals surface area contributed by atoms with Crippen LogP contribution in [0.4, 0.5) is 0 Å². The third kappa shape index (κ3) is 4.51. The monoisotopic (exact) mass is 535 g/mol. The number of benzene rings is 2. The van der Waals surface area contributed by atoms with E-state index in [0.717, 1.165) is 17.5 Å². The van der Waals surface area contributed by atoms with Gasteiger partial charge in [0.2, 0.25) is 17.7 Å². The maximum absolute atomic E-state index is 14.3. The highest BCUT2D eigenvalue weighted by atomic mass is 32.2. The number of carbonyl (C=O) groups is 3. The molecule has 0 aliphatic carbocycles. The largest absolute Gasteiger partial charge is 0.394 e. The first kappa shape index (κ1) is 26.8. The number of hydrogen-bond donors (Lipinski definition) is 3. The molecule has 38 heavy (non-hydrogen) atoms. The summed E-state index contributed by atoms with van der Waals surface area (Å²) in [5, 5.41) is 16.6. The second kappa shape index (κ2) is 10.4. The van der Waals surface area contributed by atoms with Gasteiger partial charge in [0.1, 0.15) is 6.04 Å². The van der Waals surface area contributed by atoms with E-state index >= 15 is 0 Å². The molecule has 0 aromatic heterocycles. The number of aliphatic hydroxyl groups excluding tert-OH is 1. The summed E-state index contributed by atoms with van der Waals surface area (Å²) >= 11 is 1.65. The van der Waals surface area contributed by atoms with Crippen LogP contribution in [0.25, 0.3) is 0 Å². The molecule has 5 rings (SSSR count). The van der Waals surface area contributed by atoms with Gasteiger partial charge in [-0.25, -0.2) is 0 Å². The van der Waals surface area contributed by atoms with Gasteiger partial charge in [-0.1, -0.05) is 60.7 Å². The van der Waals surface area contributed by atoms with Crippen LogP contribution in [0.2, 0.25) is 0 Å². The molecule has 0 saturated carbocycles. The number of rotatable bonds is 9. The molecule has 1 spiro atoms. The second-order valence-corrected chi connectivity index (χ2v) is 13.3. The smallest absolute Gasteiger partial charge is 0.244 e. The first-order valence-electron chi connectivity index (χ1n) is 13.5. The second-order valence-electron chi connectivity index (χ2n) is 11.4. The molecule has 3 saturated heterocycles. The molecule has 0 radical (unpaired) electrons. The van der Waals surface area contributed by atoms with Crippen LogP contribution in [0.15, 0.2) is 60.7 Å². The van der Waals surface area contributed by atoms with E-state index in [2.05, 4.69) is 17.6 Å². The average Bonchev–Trinajstić information content (AvgIpc) is 3.47. The summed E-state index contributed by atoms with van der Waals surface area (Å²) in [6, 6.07) is 18.0. The van der Waals surface area contributed by atoms with Crippen molar-refractivity contribution in [3.63, 3.8) is 0 Å². The fourth-order valence-electron chi connectivity index (χ4n) is 6.85. The molecule has 8 heteroatoms. The van der Waals surface area contributed by atoms with Gasteiger partial charge in [-0.3, -0.25) is 14.4 Å². The third-order valence-electron chi connectivity index (χ3n) is 8.40. The molecule has 7 nitrogen and oxygen atoms in total. The Morgan fingerprint density at radius 3 is 2.26 bits per heavy atom. The number of thioether (sulfide) groups is 1. The molecule has 2 bridgehead atoms. The van der Waals surface area contributed by atoms with Gasteiger partial charge in [-0.2, -0.15) is 0 Å². The molecule has 3 aliphatic rings. The Morgan fingerprint density at radius 1 is 1.03 bits per heavy atom. The van der Waals surface area contributed by atoms with Crippen LogP contribution in [-0.4, -0.2) is 62.0 Å². The van der Waals surface area contributed by atoms with Crippen molar-refractivity contribution in [1.82, 2.24) is 15.5 Å². The Hall–Kier alpha value is -2.84. The minimum absolute atomic E-state index is 0.0965. The topological polar surface area (TPSA) is 98.7 Å². The molecule has 2 unspecified atom stereocenters. The molecular formula is C30H37N3O4S.